The van der Waals surface area contributed by atoms with E-state index in [1.807, 2.05) is 30.3 Å². The van der Waals surface area contributed by atoms with Gasteiger partial charge < -0.3 is 10.4 Å². The number of alkyl halides is 6. The number of likely N-dealkylation sites (tertiary alicyclic amines) is 1. The molecule has 0 amide bonds. The topological polar surface area (TPSA) is 78.3 Å². The van der Waals surface area contributed by atoms with Gasteiger partial charge in [0.15, 0.2) is 0 Å². The van der Waals surface area contributed by atoms with Gasteiger partial charge in [0.1, 0.15) is 11.4 Å². The number of benzene rings is 2. The number of hydrogen-bond acceptors (Lipinski definition) is 5. The van der Waals surface area contributed by atoms with Crippen LogP contribution in [-0.2, 0) is 25.4 Å². The van der Waals surface area contributed by atoms with E-state index in [0.717, 1.165) is 18.7 Å². The van der Waals surface area contributed by atoms with Crippen LogP contribution in [0.25, 0.3) is 11.3 Å². The van der Waals surface area contributed by atoms with E-state index in [2.05, 4.69) is 20.2 Å². The SMILES string of the molecule is CNCc1cc(C(F)(F)F)cc(C(F)(F)F)c1.O=C(O)c1cnc(CN2CCCCC2)nc1-c1ccccc1. The van der Waals surface area contributed by atoms with Gasteiger partial charge in [-0.25, -0.2) is 14.8 Å². The summed E-state index contributed by atoms with van der Waals surface area (Å²) < 4.78 is 74.3. The van der Waals surface area contributed by atoms with Gasteiger partial charge in [0.2, 0.25) is 0 Å². The average molecular weight is 555 g/mol. The molecular weight excluding hydrogens is 526 g/mol. The summed E-state index contributed by atoms with van der Waals surface area (Å²) in [5.74, 6) is -0.311. The molecule has 2 aromatic carbocycles. The van der Waals surface area contributed by atoms with E-state index in [1.54, 1.807) is 0 Å². The van der Waals surface area contributed by atoms with Crippen LogP contribution in [0.15, 0.2) is 54.7 Å². The molecule has 39 heavy (non-hydrogen) atoms. The minimum absolute atomic E-state index is 0.0605. The molecule has 1 aliphatic heterocycles. The molecule has 0 saturated carbocycles. The van der Waals surface area contributed by atoms with E-state index in [9.17, 15) is 36.2 Å². The molecule has 0 atom stereocenters. The van der Waals surface area contributed by atoms with Gasteiger partial charge in [-0.1, -0.05) is 36.8 Å². The summed E-state index contributed by atoms with van der Waals surface area (Å²) in [7, 11) is 1.44. The fourth-order valence-corrected chi connectivity index (χ4v) is 4.11. The maximum atomic E-state index is 12.4. The van der Waals surface area contributed by atoms with Crippen LogP contribution in [0.5, 0.6) is 0 Å². The minimum Gasteiger partial charge on any atom is -0.478 e. The summed E-state index contributed by atoms with van der Waals surface area (Å²) in [5, 5.41) is 11.9. The number of rotatable bonds is 6. The average Bonchev–Trinajstić information content (AvgIpc) is 2.89. The highest BCUT2D eigenvalue weighted by atomic mass is 19.4. The van der Waals surface area contributed by atoms with Crippen LogP contribution in [0.3, 0.4) is 0 Å². The second-order valence-corrected chi connectivity index (χ2v) is 9.00. The normalized spacial score (nSPS) is 14.4. The monoisotopic (exact) mass is 554 g/mol. The molecule has 210 valence electrons. The van der Waals surface area contributed by atoms with Crippen LogP contribution in [0.2, 0.25) is 0 Å². The zero-order valence-electron chi connectivity index (χ0n) is 21.1. The second kappa shape index (κ2) is 13.0. The first kappa shape index (κ1) is 30.0. The number of nitrogens with zero attached hydrogens (tertiary/aromatic N) is 3. The Bertz CT molecular complexity index is 1210. The first-order valence-corrected chi connectivity index (χ1v) is 12.2. The number of aromatic nitrogens is 2. The molecule has 3 aromatic rings. The Morgan fingerprint density at radius 2 is 1.54 bits per heavy atom. The molecule has 2 heterocycles. The van der Waals surface area contributed by atoms with Crippen molar-refractivity contribution in [2.45, 2.75) is 44.7 Å². The van der Waals surface area contributed by atoms with Crippen molar-refractivity contribution in [2.24, 2.45) is 0 Å². The molecule has 0 unspecified atom stereocenters. The number of carboxylic acids is 1. The summed E-state index contributed by atoms with van der Waals surface area (Å²) in [6.07, 6.45) is -4.45. The smallest absolute Gasteiger partial charge is 0.416 e. The number of piperidine rings is 1. The summed E-state index contributed by atoms with van der Waals surface area (Å²) in [5.41, 5.74) is -1.20. The summed E-state index contributed by atoms with van der Waals surface area (Å²) >= 11 is 0. The van der Waals surface area contributed by atoms with Crippen LogP contribution in [-0.4, -0.2) is 46.1 Å². The molecule has 0 radical (unpaired) electrons. The third-order valence-corrected chi connectivity index (χ3v) is 5.96. The van der Waals surface area contributed by atoms with Gasteiger partial charge >= 0.3 is 18.3 Å². The molecule has 4 rings (SSSR count). The van der Waals surface area contributed by atoms with Gasteiger partial charge in [-0.05, 0) is 56.7 Å². The molecule has 1 fully saturated rings. The van der Waals surface area contributed by atoms with Gasteiger partial charge in [0.25, 0.3) is 0 Å². The van der Waals surface area contributed by atoms with Crippen molar-refractivity contribution in [3.05, 3.63) is 82.8 Å². The lowest BCUT2D eigenvalue weighted by molar-refractivity contribution is -0.143. The Kier molecular flexibility index (Phi) is 10.0. The molecule has 6 nitrogen and oxygen atoms in total. The maximum Gasteiger partial charge on any atom is 0.416 e. The van der Waals surface area contributed by atoms with Gasteiger partial charge in [-0.3, -0.25) is 4.90 Å². The van der Waals surface area contributed by atoms with Crippen molar-refractivity contribution in [2.75, 3.05) is 20.1 Å². The molecule has 1 saturated heterocycles. The summed E-state index contributed by atoms with van der Waals surface area (Å²) in [4.78, 5) is 22.5. The highest BCUT2D eigenvalue weighted by molar-refractivity contribution is 5.94. The van der Waals surface area contributed by atoms with E-state index < -0.39 is 29.4 Å². The molecule has 2 N–H and O–H groups in total. The van der Waals surface area contributed by atoms with Crippen molar-refractivity contribution in [1.82, 2.24) is 20.2 Å². The number of nitrogens with one attached hydrogen (secondary N) is 1. The van der Waals surface area contributed by atoms with Gasteiger partial charge in [-0.15, -0.1) is 0 Å². The van der Waals surface area contributed by atoms with Crippen LogP contribution in [0, 0.1) is 0 Å². The Morgan fingerprint density at radius 3 is 2.05 bits per heavy atom. The number of carboxylic acid groups (broad SMARTS) is 1. The zero-order chi connectivity index (χ0) is 28.6. The molecule has 1 aromatic heterocycles. The van der Waals surface area contributed by atoms with Crippen LogP contribution in [0.4, 0.5) is 26.3 Å². The van der Waals surface area contributed by atoms with Crippen molar-refractivity contribution < 1.29 is 36.2 Å². The third-order valence-electron chi connectivity index (χ3n) is 5.96. The number of halogens is 6. The maximum absolute atomic E-state index is 12.4. The van der Waals surface area contributed by atoms with Crippen molar-refractivity contribution >= 4 is 5.97 Å². The largest absolute Gasteiger partial charge is 0.478 e. The van der Waals surface area contributed by atoms with Gasteiger partial charge in [0.05, 0.1) is 23.4 Å². The summed E-state index contributed by atoms with van der Waals surface area (Å²) in [6.45, 7) is 2.74. The highest BCUT2D eigenvalue weighted by Gasteiger charge is 2.36. The fraction of sp³-hybridized carbons (Fsp3) is 0.370. The van der Waals surface area contributed by atoms with Crippen molar-refractivity contribution in [3.63, 3.8) is 0 Å². The third kappa shape index (κ3) is 8.75. The predicted octanol–water partition coefficient (Wildman–Crippen LogP) is 6.27. The first-order valence-electron chi connectivity index (χ1n) is 12.2. The Labute approximate surface area is 221 Å². The van der Waals surface area contributed by atoms with E-state index in [1.165, 1.54) is 32.5 Å². The molecule has 0 aliphatic carbocycles. The molecule has 0 spiro atoms. The molecule has 12 heteroatoms. The number of aromatic carboxylic acids is 1. The van der Waals surface area contributed by atoms with Crippen molar-refractivity contribution in [3.8, 4) is 11.3 Å². The predicted molar refractivity (Wildman–Crippen MR) is 133 cm³/mol. The Morgan fingerprint density at radius 1 is 0.949 bits per heavy atom. The number of carbonyl (C=O) groups is 1. The van der Waals surface area contributed by atoms with Crippen molar-refractivity contribution in [1.29, 1.82) is 0 Å². The summed E-state index contributed by atoms with van der Waals surface area (Å²) in [6, 6.07) is 10.9. The lowest BCUT2D eigenvalue weighted by atomic mass is 10.0. The molecule has 1 aliphatic rings. The lowest BCUT2D eigenvalue weighted by Gasteiger charge is -2.25. The van der Waals surface area contributed by atoms with E-state index in [0.29, 0.717) is 30.2 Å². The van der Waals surface area contributed by atoms with Crippen LogP contribution >= 0.6 is 0 Å². The standard InChI is InChI=1S/C17H19N3O2.C10H9F6N/c21-17(22)14-11-18-15(12-20-9-5-2-6-10-20)19-16(14)13-7-3-1-4-8-13;1-17-5-6-2-7(9(11,12)13)4-8(3-6)10(14,15)16/h1,3-4,7-8,11H,2,5-6,9-10,12H2,(H,21,22);2-4,17H,5H2,1H3. The quantitative estimate of drug-likeness (QED) is 0.350. The lowest BCUT2D eigenvalue weighted by Crippen LogP contribution is -2.30. The van der Waals surface area contributed by atoms with Gasteiger partial charge in [0, 0.05) is 18.3 Å². The Balaban J connectivity index is 0.000000224. The number of hydrogen-bond donors (Lipinski definition) is 2. The van der Waals surface area contributed by atoms with Gasteiger partial charge in [-0.2, -0.15) is 26.3 Å². The zero-order valence-corrected chi connectivity index (χ0v) is 21.1. The minimum atomic E-state index is -4.79. The van der Waals surface area contributed by atoms with Crippen LogP contribution in [0.1, 0.15) is 52.1 Å². The molecule has 0 bridgehead atoms. The second-order valence-electron chi connectivity index (χ2n) is 9.00. The Hall–Kier alpha value is -3.51. The van der Waals surface area contributed by atoms with E-state index in [-0.39, 0.29) is 23.7 Å². The first-order chi connectivity index (χ1) is 18.4. The fourth-order valence-electron chi connectivity index (χ4n) is 4.11. The molecular formula is C27H28F6N4O2. The highest BCUT2D eigenvalue weighted by Crippen LogP contribution is 2.36. The van der Waals surface area contributed by atoms with Crippen LogP contribution < -0.4 is 5.32 Å². The van der Waals surface area contributed by atoms with E-state index >= 15 is 0 Å². The van der Waals surface area contributed by atoms with E-state index in [4.69, 9.17) is 0 Å².